The van der Waals surface area contributed by atoms with Crippen molar-refractivity contribution in [2.24, 2.45) is 0 Å². The molecule has 0 aliphatic carbocycles. The number of amides is 1. The second-order valence-electron chi connectivity index (χ2n) is 5.58. The van der Waals surface area contributed by atoms with Crippen molar-refractivity contribution in [2.45, 2.75) is 43.9 Å². The molecule has 5 nitrogen and oxygen atoms in total. The van der Waals surface area contributed by atoms with Gasteiger partial charge in [-0.05, 0) is 40.2 Å². The summed E-state index contributed by atoms with van der Waals surface area (Å²) in [4.78, 5) is 12.0. The van der Waals surface area contributed by atoms with Crippen LogP contribution in [0.3, 0.4) is 0 Å². The predicted molar refractivity (Wildman–Crippen MR) is 67.6 cm³/mol. The Morgan fingerprint density at radius 2 is 2.06 bits per heavy atom. The normalized spacial score (nSPS) is 25.9. The predicted octanol–water partition coefficient (Wildman–Crippen LogP) is 0.0679. The third-order valence-electron chi connectivity index (χ3n) is 3.55. The summed E-state index contributed by atoms with van der Waals surface area (Å²) in [5.74, 6) is -0.119. The molecule has 0 saturated carbocycles. The number of rotatable bonds is 4. The fourth-order valence-electron chi connectivity index (χ4n) is 1.71. The molecule has 1 rings (SSSR count). The van der Waals surface area contributed by atoms with Crippen LogP contribution >= 0.6 is 0 Å². The molecule has 2 N–H and O–H groups in total. The minimum Gasteiger partial charge on any atom is -0.353 e. The molecule has 1 atom stereocenters. The lowest BCUT2D eigenvalue weighted by Crippen LogP contribution is -2.54. The summed E-state index contributed by atoms with van der Waals surface area (Å²) >= 11 is 0. The van der Waals surface area contributed by atoms with Gasteiger partial charge in [0.1, 0.15) is 0 Å². The molecule has 1 amide bonds. The van der Waals surface area contributed by atoms with Crippen molar-refractivity contribution in [3.63, 3.8) is 0 Å². The first-order valence-electron chi connectivity index (χ1n) is 5.81. The van der Waals surface area contributed by atoms with Gasteiger partial charge in [-0.1, -0.05) is 0 Å². The fourth-order valence-corrected chi connectivity index (χ4v) is 2.04. The highest BCUT2D eigenvalue weighted by Gasteiger charge is 2.38. The molecule has 0 spiro atoms. The average Bonchev–Trinajstić information content (AvgIpc) is 2.61. The molecule has 0 aromatic rings. The summed E-state index contributed by atoms with van der Waals surface area (Å²) in [6.07, 6.45) is 2.95. The van der Waals surface area contributed by atoms with E-state index >= 15 is 0 Å². The lowest BCUT2D eigenvalue weighted by Gasteiger charge is -2.27. The Kier molecular flexibility index (Phi) is 3.88. The second-order valence-corrected chi connectivity index (χ2v) is 8.23. The van der Waals surface area contributed by atoms with Gasteiger partial charge in [0.15, 0.2) is 9.84 Å². The van der Waals surface area contributed by atoms with Crippen LogP contribution in [0.25, 0.3) is 0 Å². The summed E-state index contributed by atoms with van der Waals surface area (Å²) in [6.45, 7) is 6.06. The van der Waals surface area contributed by atoms with Crippen molar-refractivity contribution in [1.82, 2.24) is 10.6 Å². The first kappa shape index (κ1) is 14.4. The second kappa shape index (κ2) is 4.57. The van der Waals surface area contributed by atoms with Crippen molar-refractivity contribution in [2.75, 3.05) is 19.3 Å². The first-order chi connectivity index (χ1) is 7.58. The monoisotopic (exact) mass is 262 g/mol. The first-order valence-corrected chi connectivity index (χ1v) is 7.71. The zero-order chi connectivity index (χ0) is 13.3. The summed E-state index contributed by atoms with van der Waals surface area (Å²) in [5.41, 5.74) is -0.548. The van der Waals surface area contributed by atoms with Crippen molar-refractivity contribution in [1.29, 1.82) is 0 Å². The van der Waals surface area contributed by atoms with Crippen molar-refractivity contribution >= 4 is 15.7 Å². The van der Waals surface area contributed by atoms with E-state index in [0.29, 0.717) is 0 Å². The SMILES string of the molecule is CC1(C(=O)NCC(C)(C)S(C)(=O)=O)CCCN1. The summed E-state index contributed by atoms with van der Waals surface area (Å²) in [6, 6.07) is 0. The van der Waals surface area contributed by atoms with Crippen molar-refractivity contribution < 1.29 is 13.2 Å². The molecule has 0 bridgehead atoms. The van der Waals surface area contributed by atoms with Gasteiger partial charge in [0.25, 0.3) is 0 Å². The van der Waals surface area contributed by atoms with Gasteiger partial charge in [-0.3, -0.25) is 4.79 Å². The van der Waals surface area contributed by atoms with E-state index in [4.69, 9.17) is 0 Å². The van der Waals surface area contributed by atoms with Crippen molar-refractivity contribution in [3.05, 3.63) is 0 Å². The van der Waals surface area contributed by atoms with Gasteiger partial charge in [-0.25, -0.2) is 8.42 Å². The van der Waals surface area contributed by atoms with Gasteiger partial charge in [-0.15, -0.1) is 0 Å². The quantitative estimate of drug-likeness (QED) is 0.752. The Hall–Kier alpha value is -0.620. The maximum Gasteiger partial charge on any atom is 0.240 e. The van der Waals surface area contributed by atoms with E-state index in [9.17, 15) is 13.2 Å². The molecule has 6 heteroatoms. The van der Waals surface area contributed by atoms with Gasteiger partial charge >= 0.3 is 0 Å². The molecule has 1 saturated heterocycles. The largest absolute Gasteiger partial charge is 0.353 e. The van der Waals surface area contributed by atoms with E-state index in [1.54, 1.807) is 13.8 Å². The number of carbonyl (C=O) groups excluding carboxylic acids is 1. The van der Waals surface area contributed by atoms with Gasteiger partial charge in [0.05, 0.1) is 10.3 Å². The van der Waals surface area contributed by atoms with E-state index < -0.39 is 20.1 Å². The molecule has 1 aliphatic rings. The van der Waals surface area contributed by atoms with E-state index in [1.807, 2.05) is 6.92 Å². The third kappa shape index (κ3) is 3.19. The molecule has 1 heterocycles. The Balaban J connectivity index is 2.60. The molecule has 1 unspecified atom stereocenters. The Labute approximate surface area is 103 Å². The summed E-state index contributed by atoms with van der Waals surface area (Å²) < 4.78 is 22.1. The third-order valence-corrected chi connectivity index (χ3v) is 5.70. The molecule has 0 aromatic carbocycles. The molecule has 1 aliphatic heterocycles. The van der Waals surface area contributed by atoms with E-state index in [0.717, 1.165) is 19.4 Å². The highest BCUT2D eigenvalue weighted by Crippen LogP contribution is 2.19. The Morgan fingerprint density at radius 1 is 1.47 bits per heavy atom. The lowest BCUT2D eigenvalue weighted by atomic mass is 9.99. The zero-order valence-electron chi connectivity index (χ0n) is 11.0. The van der Waals surface area contributed by atoms with Gasteiger partial charge in [0.2, 0.25) is 5.91 Å². The van der Waals surface area contributed by atoms with Crippen LogP contribution in [0.5, 0.6) is 0 Å². The molecular formula is C11H22N2O3S. The lowest BCUT2D eigenvalue weighted by molar-refractivity contribution is -0.126. The van der Waals surface area contributed by atoms with Gasteiger partial charge in [-0.2, -0.15) is 0 Å². The average molecular weight is 262 g/mol. The number of nitrogens with one attached hydrogen (secondary N) is 2. The van der Waals surface area contributed by atoms with Crippen LogP contribution in [0.2, 0.25) is 0 Å². The number of hydrogen-bond acceptors (Lipinski definition) is 4. The molecule has 0 radical (unpaired) electrons. The smallest absolute Gasteiger partial charge is 0.240 e. The van der Waals surface area contributed by atoms with Crippen LogP contribution in [0.1, 0.15) is 33.6 Å². The van der Waals surface area contributed by atoms with Crippen LogP contribution in [0.15, 0.2) is 0 Å². The van der Waals surface area contributed by atoms with E-state index in [1.165, 1.54) is 6.26 Å². The molecule has 17 heavy (non-hydrogen) atoms. The zero-order valence-corrected chi connectivity index (χ0v) is 11.8. The van der Waals surface area contributed by atoms with Gasteiger partial charge < -0.3 is 10.6 Å². The van der Waals surface area contributed by atoms with E-state index in [-0.39, 0.29) is 12.5 Å². The minimum atomic E-state index is -3.18. The summed E-state index contributed by atoms with van der Waals surface area (Å²) in [7, 11) is -3.18. The standard InChI is InChI=1S/C11H22N2O3S/c1-10(2,17(4,15)16)8-12-9(14)11(3)6-5-7-13-11/h13H,5-8H2,1-4H3,(H,12,14). The number of carbonyl (C=O) groups is 1. The van der Waals surface area contributed by atoms with Crippen molar-refractivity contribution in [3.8, 4) is 0 Å². The molecule has 0 aromatic heterocycles. The molecule has 100 valence electrons. The molecular weight excluding hydrogens is 240 g/mol. The van der Waals surface area contributed by atoms with Gasteiger partial charge in [0, 0.05) is 12.8 Å². The topological polar surface area (TPSA) is 75.3 Å². The van der Waals surface area contributed by atoms with Crippen LogP contribution in [-0.2, 0) is 14.6 Å². The number of sulfone groups is 1. The highest BCUT2D eigenvalue weighted by atomic mass is 32.2. The van der Waals surface area contributed by atoms with E-state index in [2.05, 4.69) is 10.6 Å². The van der Waals surface area contributed by atoms with Crippen LogP contribution in [0, 0.1) is 0 Å². The Morgan fingerprint density at radius 3 is 2.47 bits per heavy atom. The summed E-state index contributed by atoms with van der Waals surface area (Å²) in [5, 5.41) is 5.88. The van der Waals surface area contributed by atoms with Crippen LogP contribution in [0.4, 0.5) is 0 Å². The maximum absolute atomic E-state index is 12.0. The minimum absolute atomic E-state index is 0.119. The Bertz CT molecular complexity index is 395. The maximum atomic E-state index is 12.0. The number of hydrogen-bond donors (Lipinski definition) is 2. The molecule has 1 fully saturated rings. The van der Waals surface area contributed by atoms with Crippen LogP contribution in [-0.4, -0.2) is 44.0 Å². The highest BCUT2D eigenvalue weighted by molar-refractivity contribution is 7.92. The van der Waals surface area contributed by atoms with Crippen LogP contribution < -0.4 is 10.6 Å². The fraction of sp³-hybridized carbons (Fsp3) is 0.909.